The fraction of sp³-hybridized carbons (Fsp3) is 0.471. The van der Waals surface area contributed by atoms with Crippen molar-refractivity contribution in [3.05, 3.63) is 29.3 Å². The molecule has 3 rings (SSSR count). The maximum absolute atomic E-state index is 12.5. The number of para-hydroxylation sites is 1. The van der Waals surface area contributed by atoms with Crippen LogP contribution in [0.5, 0.6) is 11.5 Å². The van der Waals surface area contributed by atoms with Crippen molar-refractivity contribution in [3.8, 4) is 11.5 Å². The largest absolute Gasteiger partial charge is 0.493 e. The fourth-order valence-electron chi connectivity index (χ4n) is 2.85. The molecule has 1 aliphatic carbocycles. The van der Waals surface area contributed by atoms with Crippen LogP contribution < -0.4 is 20.5 Å². The molecule has 0 aromatic heterocycles. The molecule has 1 heterocycles. The summed E-state index contributed by atoms with van der Waals surface area (Å²) in [6, 6.07) is 5.64. The van der Waals surface area contributed by atoms with E-state index < -0.39 is 0 Å². The quantitative estimate of drug-likeness (QED) is 0.862. The summed E-state index contributed by atoms with van der Waals surface area (Å²) in [5.74, 6) is 1.75. The first-order valence-corrected chi connectivity index (χ1v) is 7.60. The molecule has 3 N–H and O–H groups in total. The van der Waals surface area contributed by atoms with Crippen LogP contribution in [0.1, 0.15) is 25.3 Å². The first-order valence-electron chi connectivity index (χ1n) is 7.60. The Hall–Kier alpha value is -1.72. The third-order valence-electron chi connectivity index (χ3n) is 4.52. The van der Waals surface area contributed by atoms with Crippen LogP contribution in [0.25, 0.3) is 6.08 Å². The maximum Gasteiger partial charge on any atom is 0.251 e. The van der Waals surface area contributed by atoms with Gasteiger partial charge in [-0.15, -0.1) is 12.4 Å². The zero-order valence-corrected chi connectivity index (χ0v) is 14.2. The van der Waals surface area contributed by atoms with Crippen LogP contribution in [0.3, 0.4) is 0 Å². The summed E-state index contributed by atoms with van der Waals surface area (Å²) in [5, 5.41) is 3.09. The van der Waals surface area contributed by atoms with Crippen LogP contribution in [0.15, 0.2) is 23.8 Å². The highest BCUT2D eigenvalue weighted by Gasteiger charge is 2.42. The number of hydrogen-bond donors (Lipinski definition) is 2. The van der Waals surface area contributed by atoms with Gasteiger partial charge in [-0.2, -0.15) is 0 Å². The summed E-state index contributed by atoms with van der Waals surface area (Å²) in [5.41, 5.74) is 7.00. The van der Waals surface area contributed by atoms with E-state index in [0.717, 1.165) is 18.4 Å². The minimum Gasteiger partial charge on any atom is -0.493 e. The average Bonchev–Trinajstić information content (AvgIpc) is 3.38. The van der Waals surface area contributed by atoms with Gasteiger partial charge < -0.3 is 20.5 Å². The maximum atomic E-state index is 12.5. The zero-order chi connectivity index (χ0) is 15.7. The number of halogens is 1. The molecular formula is C17H23ClN2O3. The number of carbonyl (C=O) groups excluding carboxylic acids is 1. The lowest BCUT2D eigenvalue weighted by molar-refractivity contribution is -0.119. The molecule has 1 saturated carbocycles. The smallest absolute Gasteiger partial charge is 0.251 e. The number of carbonyl (C=O) groups is 1. The lowest BCUT2D eigenvalue weighted by Crippen LogP contribution is -2.53. The average molecular weight is 339 g/mol. The number of nitrogens with two attached hydrogens (primary N) is 1. The van der Waals surface area contributed by atoms with E-state index in [1.807, 2.05) is 31.2 Å². The molecule has 126 valence electrons. The van der Waals surface area contributed by atoms with Gasteiger partial charge in [-0.05, 0) is 37.8 Å². The van der Waals surface area contributed by atoms with Gasteiger partial charge in [0, 0.05) is 12.1 Å². The van der Waals surface area contributed by atoms with Gasteiger partial charge in [-0.25, -0.2) is 0 Å². The van der Waals surface area contributed by atoms with Crippen LogP contribution in [-0.2, 0) is 4.79 Å². The van der Waals surface area contributed by atoms with Gasteiger partial charge in [0.25, 0.3) is 5.91 Å². The Morgan fingerprint density at radius 3 is 2.83 bits per heavy atom. The number of methoxy groups -OCH3 is 1. The Morgan fingerprint density at radius 2 is 2.22 bits per heavy atom. The van der Waals surface area contributed by atoms with Crippen LogP contribution in [0.2, 0.25) is 0 Å². The van der Waals surface area contributed by atoms with Crippen molar-refractivity contribution in [3.63, 3.8) is 0 Å². The molecule has 1 unspecified atom stereocenters. The van der Waals surface area contributed by atoms with Crippen molar-refractivity contribution in [1.82, 2.24) is 5.32 Å². The van der Waals surface area contributed by atoms with Crippen LogP contribution in [0.4, 0.5) is 0 Å². The highest BCUT2D eigenvalue weighted by Crippen LogP contribution is 2.39. The Labute approximate surface area is 142 Å². The van der Waals surface area contributed by atoms with Gasteiger partial charge in [0.2, 0.25) is 0 Å². The molecule has 1 amide bonds. The van der Waals surface area contributed by atoms with E-state index in [0.29, 0.717) is 29.5 Å². The van der Waals surface area contributed by atoms with E-state index in [-0.39, 0.29) is 30.5 Å². The molecular weight excluding hydrogens is 316 g/mol. The molecule has 5 nitrogen and oxygen atoms in total. The Kier molecular flexibility index (Phi) is 5.22. The number of fused-ring (bicyclic) bond motifs is 1. The minimum atomic E-state index is -0.327. The Morgan fingerprint density at radius 1 is 1.48 bits per heavy atom. The molecule has 0 saturated heterocycles. The summed E-state index contributed by atoms with van der Waals surface area (Å²) >= 11 is 0. The predicted octanol–water partition coefficient (Wildman–Crippen LogP) is 2.14. The second-order valence-corrected chi connectivity index (χ2v) is 6.19. The number of nitrogens with one attached hydrogen (secondary N) is 1. The minimum absolute atomic E-state index is 0. The highest BCUT2D eigenvalue weighted by atomic mass is 35.5. The molecule has 6 heteroatoms. The monoisotopic (exact) mass is 338 g/mol. The van der Waals surface area contributed by atoms with E-state index in [4.69, 9.17) is 15.2 Å². The van der Waals surface area contributed by atoms with Crippen LogP contribution in [-0.4, -0.2) is 31.7 Å². The third-order valence-corrected chi connectivity index (χ3v) is 4.52. The molecule has 1 fully saturated rings. The van der Waals surface area contributed by atoms with Gasteiger partial charge in [-0.1, -0.05) is 12.1 Å². The van der Waals surface area contributed by atoms with Crippen molar-refractivity contribution < 1.29 is 14.3 Å². The summed E-state index contributed by atoms with van der Waals surface area (Å²) in [6.07, 6.45) is 4.12. The third kappa shape index (κ3) is 3.46. The van der Waals surface area contributed by atoms with Gasteiger partial charge in [0.05, 0.1) is 18.2 Å². The van der Waals surface area contributed by atoms with E-state index >= 15 is 0 Å². The van der Waals surface area contributed by atoms with E-state index in [1.54, 1.807) is 7.11 Å². The fourth-order valence-corrected chi connectivity index (χ4v) is 2.85. The first kappa shape index (κ1) is 17.6. The molecule has 0 bridgehead atoms. The lowest BCUT2D eigenvalue weighted by atomic mass is 9.95. The Bertz CT molecular complexity index is 628. The first-order chi connectivity index (χ1) is 10.6. The summed E-state index contributed by atoms with van der Waals surface area (Å²) in [6.45, 7) is 2.70. The number of benzene rings is 1. The number of hydrogen-bond acceptors (Lipinski definition) is 4. The van der Waals surface area contributed by atoms with E-state index in [2.05, 4.69) is 5.32 Å². The van der Waals surface area contributed by atoms with Crippen molar-refractivity contribution >= 4 is 24.4 Å². The molecule has 23 heavy (non-hydrogen) atoms. The SMILES string of the molecule is COc1cccc2c1OCC(C(=O)NC(C)(CN)C1CC1)=C2.Cl. The molecule has 1 atom stereocenters. The molecule has 0 spiro atoms. The molecule has 2 aliphatic rings. The van der Waals surface area contributed by atoms with Gasteiger partial charge in [-0.3, -0.25) is 4.79 Å². The summed E-state index contributed by atoms with van der Waals surface area (Å²) in [7, 11) is 1.60. The van der Waals surface area contributed by atoms with Gasteiger partial charge in [0.15, 0.2) is 11.5 Å². The summed E-state index contributed by atoms with van der Waals surface area (Å²) < 4.78 is 11.0. The summed E-state index contributed by atoms with van der Waals surface area (Å²) in [4.78, 5) is 12.5. The number of amides is 1. The van der Waals surface area contributed by atoms with Gasteiger partial charge in [0.1, 0.15) is 6.61 Å². The molecule has 1 aromatic carbocycles. The lowest BCUT2D eigenvalue weighted by Gasteiger charge is -2.30. The van der Waals surface area contributed by atoms with Crippen molar-refractivity contribution in [2.24, 2.45) is 11.7 Å². The standard InChI is InChI=1S/C17H22N2O3.ClH/c1-17(10-18,13-6-7-13)19-16(20)12-8-11-4-3-5-14(21-2)15(11)22-9-12;/h3-5,8,13H,6-7,9-10,18H2,1-2H3,(H,19,20);1H. The van der Waals surface area contributed by atoms with Crippen LogP contribution >= 0.6 is 12.4 Å². The van der Waals surface area contributed by atoms with Crippen molar-refractivity contribution in [1.29, 1.82) is 0 Å². The number of rotatable bonds is 5. The van der Waals surface area contributed by atoms with Gasteiger partial charge >= 0.3 is 0 Å². The zero-order valence-electron chi connectivity index (χ0n) is 13.4. The Balaban J connectivity index is 0.00000192. The normalized spacial score (nSPS) is 18.5. The second-order valence-electron chi connectivity index (χ2n) is 6.19. The van der Waals surface area contributed by atoms with Crippen molar-refractivity contribution in [2.75, 3.05) is 20.3 Å². The number of ether oxygens (including phenoxy) is 2. The van der Waals surface area contributed by atoms with Crippen LogP contribution in [0, 0.1) is 5.92 Å². The molecule has 1 aliphatic heterocycles. The molecule has 0 radical (unpaired) electrons. The highest BCUT2D eigenvalue weighted by molar-refractivity contribution is 5.99. The van der Waals surface area contributed by atoms with E-state index in [1.165, 1.54) is 0 Å². The van der Waals surface area contributed by atoms with E-state index in [9.17, 15) is 4.79 Å². The topological polar surface area (TPSA) is 73.6 Å². The second kappa shape index (κ2) is 6.81. The molecule has 1 aromatic rings. The predicted molar refractivity (Wildman–Crippen MR) is 92.0 cm³/mol. The van der Waals surface area contributed by atoms with Crippen molar-refractivity contribution in [2.45, 2.75) is 25.3 Å².